The summed E-state index contributed by atoms with van der Waals surface area (Å²) < 4.78 is 5.91. The molecule has 2 nitrogen and oxygen atoms in total. The van der Waals surface area contributed by atoms with Crippen molar-refractivity contribution in [3.8, 4) is 0 Å². The van der Waals surface area contributed by atoms with Crippen LogP contribution in [-0.4, -0.2) is 11.9 Å². The van der Waals surface area contributed by atoms with E-state index in [2.05, 4.69) is 29.7 Å². The van der Waals surface area contributed by atoms with Crippen LogP contribution in [0.3, 0.4) is 0 Å². The van der Waals surface area contributed by atoms with Gasteiger partial charge in [0.2, 0.25) is 0 Å². The minimum Gasteiger partial charge on any atom is -0.453 e. The minimum absolute atomic E-state index is 0.837. The van der Waals surface area contributed by atoms with Crippen LogP contribution in [0.2, 0.25) is 0 Å². The molecule has 0 aromatic rings. The third-order valence-electron chi connectivity index (χ3n) is 2.78. The molecule has 0 saturated carbocycles. The molecule has 0 bridgehead atoms. The fraction of sp³-hybridized carbons (Fsp3) is 0.200. The van der Waals surface area contributed by atoms with E-state index in [4.69, 9.17) is 4.74 Å². The van der Waals surface area contributed by atoms with E-state index in [1.807, 2.05) is 38.3 Å². The molecule has 0 radical (unpaired) electrons. The zero-order valence-corrected chi connectivity index (χ0v) is 10.3. The normalized spacial score (nSPS) is 19.5. The summed E-state index contributed by atoms with van der Waals surface area (Å²) in [6, 6.07) is 0. The van der Waals surface area contributed by atoms with Crippen LogP contribution in [0.1, 0.15) is 13.3 Å². The highest BCUT2D eigenvalue weighted by Gasteiger charge is 2.21. The molecule has 0 saturated heterocycles. The van der Waals surface area contributed by atoms with Gasteiger partial charge in [0.1, 0.15) is 0 Å². The summed E-state index contributed by atoms with van der Waals surface area (Å²) in [5, 5.41) is 0. The molecule has 1 aliphatic carbocycles. The number of ether oxygens (including phenoxy) is 1. The Balaban J connectivity index is 2.46. The number of allylic oxidation sites excluding steroid dienone is 7. The van der Waals surface area contributed by atoms with Crippen LogP contribution < -0.4 is 0 Å². The first-order chi connectivity index (χ1) is 8.27. The molecule has 1 heterocycles. The molecule has 0 aromatic heterocycles. The van der Waals surface area contributed by atoms with Gasteiger partial charge in [0.15, 0.2) is 11.5 Å². The van der Waals surface area contributed by atoms with Gasteiger partial charge in [-0.3, -0.25) is 0 Å². The molecule has 0 spiro atoms. The van der Waals surface area contributed by atoms with Crippen molar-refractivity contribution in [2.45, 2.75) is 13.3 Å². The van der Waals surface area contributed by atoms with E-state index in [0.717, 1.165) is 29.3 Å². The van der Waals surface area contributed by atoms with Gasteiger partial charge >= 0.3 is 0 Å². The zero-order chi connectivity index (χ0) is 12.3. The molecule has 0 amide bonds. The van der Waals surface area contributed by atoms with Crippen molar-refractivity contribution in [1.29, 1.82) is 0 Å². The summed E-state index contributed by atoms with van der Waals surface area (Å²) in [5.74, 6) is 1.73. The predicted octanol–water partition coefficient (Wildman–Crippen LogP) is 3.65. The molecule has 0 atom stereocenters. The highest BCUT2D eigenvalue weighted by Crippen LogP contribution is 2.30. The smallest absolute Gasteiger partial charge is 0.150 e. The molecule has 2 rings (SSSR count). The third kappa shape index (κ3) is 2.11. The molecular weight excluding hydrogens is 210 g/mol. The summed E-state index contributed by atoms with van der Waals surface area (Å²) in [4.78, 5) is 2.10. The van der Waals surface area contributed by atoms with E-state index in [0.29, 0.717) is 0 Å². The van der Waals surface area contributed by atoms with Crippen molar-refractivity contribution in [2.24, 2.45) is 0 Å². The number of nitrogens with zero attached hydrogens (tertiary/aromatic N) is 1. The number of hydrogen-bond donors (Lipinski definition) is 0. The maximum atomic E-state index is 5.91. The predicted molar refractivity (Wildman–Crippen MR) is 70.8 cm³/mol. The first kappa shape index (κ1) is 11.5. The first-order valence-corrected chi connectivity index (χ1v) is 5.76. The maximum Gasteiger partial charge on any atom is 0.150 e. The lowest BCUT2D eigenvalue weighted by Crippen LogP contribution is -2.23. The second-order valence-corrected chi connectivity index (χ2v) is 3.90. The Bertz CT molecular complexity index is 475. The molecule has 2 aliphatic rings. The fourth-order valence-corrected chi connectivity index (χ4v) is 1.94. The first-order valence-electron chi connectivity index (χ1n) is 5.76. The Labute approximate surface area is 103 Å². The van der Waals surface area contributed by atoms with Gasteiger partial charge < -0.3 is 9.64 Å². The Kier molecular flexibility index (Phi) is 3.33. The lowest BCUT2D eigenvalue weighted by Gasteiger charge is -2.30. The monoisotopic (exact) mass is 227 g/mol. The standard InChI is InChI=1S/C15H17NO/c1-4-9-14-12(5-2)16(3)13-10-7-6-8-11-15(13)17-14/h4-5,7-11H,2,6H2,1,3H3/b9-4-. The second kappa shape index (κ2) is 4.91. The highest BCUT2D eigenvalue weighted by molar-refractivity contribution is 5.42. The van der Waals surface area contributed by atoms with Crippen LogP contribution in [0.5, 0.6) is 0 Å². The zero-order valence-electron chi connectivity index (χ0n) is 10.3. The second-order valence-electron chi connectivity index (χ2n) is 3.90. The van der Waals surface area contributed by atoms with Crippen molar-refractivity contribution < 1.29 is 4.74 Å². The van der Waals surface area contributed by atoms with Gasteiger partial charge in [-0.15, -0.1) is 0 Å². The van der Waals surface area contributed by atoms with Gasteiger partial charge in [-0.25, -0.2) is 0 Å². The average molecular weight is 227 g/mol. The molecule has 88 valence electrons. The summed E-state index contributed by atoms with van der Waals surface area (Å²) in [6.45, 7) is 5.83. The SMILES string of the molecule is C=CC1=C(/C=C\C)OC2=C(C=CCC=C2)N1C. The number of rotatable bonds is 2. The molecule has 17 heavy (non-hydrogen) atoms. The summed E-state index contributed by atoms with van der Waals surface area (Å²) in [5.41, 5.74) is 2.06. The molecule has 0 fully saturated rings. The molecular formula is C15H17NO. The largest absolute Gasteiger partial charge is 0.453 e. The summed E-state index contributed by atoms with van der Waals surface area (Å²) in [6.07, 6.45) is 15.0. The van der Waals surface area contributed by atoms with Gasteiger partial charge in [-0.05, 0) is 37.6 Å². The van der Waals surface area contributed by atoms with Crippen molar-refractivity contribution in [1.82, 2.24) is 4.90 Å². The molecule has 0 aromatic carbocycles. The van der Waals surface area contributed by atoms with E-state index < -0.39 is 0 Å². The molecule has 1 aliphatic heterocycles. The summed E-state index contributed by atoms with van der Waals surface area (Å²) in [7, 11) is 2.03. The van der Waals surface area contributed by atoms with Crippen molar-refractivity contribution in [2.75, 3.05) is 7.05 Å². The van der Waals surface area contributed by atoms with E-state index in [-0.39, 0.29) is 0 Å². The third-order valence-corrected chi connectivity index (χ3v) is 2.78. The van der Waals surface area contributed by atoms with Gasteiger partial charge in [0, 0.05) is 7.05 Å². The summed E-state index contributed by atoms with van der Waals surface area (Å²) >= 11 is 0. The Hall–Kier alpha value is -1.96. The molecule has 2 heteroatoms. The van der Waals surface area contributed by atoms with Crippen LogP contribution in [0.15, 0.2) is 72.0 Å². The Morgan fingerprint density at radius 1 is 1.35 bits per heavy atom. The van der Waals surface area contributed by atoms with Crippen LogP contribution >= 0.6 is 0 Å². The minimum atomic E-state index is 0.837. The number of likely N-dealkylation sites (N-methyl/N-ethyl adjacent to an activating group) is 1. The highest BCUT2D eigenvalue weighted by atomic mass is 16.5. The van der Waals surface area contributed by atoms with Gasteiger partial charge in [0.05, 0.1) is 11.4 Å². The quantitative estimate of drug-likeness (QED) is 0.714. The topological polar surface area (TPSA) is 12.5 Å². The van der Waals surface area contributed by atoms with Crippen LogP contribution in [0.4, 0.5) is 0 Å². The average Bonchev–Trinajstić information content (AvgIpc) is 2.55. The molecule has 0 N–H and O–H groups in total. The van der Waals surface area contributed by atoms with Crippen LogP contribution in [0.25, 0.3) is 0 Å². The van der Waals surface area contributed by atoms with Crippen molar-refractivity contribution >= 4 is 0 Å². The van der Waals surface area contributed by atoms with Gasteiger partial charge in [0.25, 0.3) is 0 Å². The van der Waals surface area contributed by atoms with Gasteiger partial charge in [-0.2, -0.15) is 0 Å². The van der Waals surface area contributed by atoms with Crippen LogP contribution in [-0.2, 0) is 4.74 Å². The Morgan fingerprint density at radius 3 is 2.82 bits per heavy atom. The van der Waals surface area contributed by atoms with E-state index in [1.54, 1.807) is 0 Å². The molecule has 0 unspecified atom stereocenters. The van der Waals surface area contributed by atoms with Crippen molar-refractivity contribution in [3.63, 3.8) is 0 Å². The Morgan fingerprint density at radius 2 is 2.12 bits per heavy atom. The van der Waals surface area contributed by atoms with Crippen molar-refractivity contribution in [3.05, 3.63) is 72.0 Å². The van der Waals surface area contributed by atoms with Crippen LogP contribution in [0, 0.1) is 0 Å². The van der Waals surface area contributed by atoms with E-state index in [1.165, 1.54) is 0 Å². The fourth-order valence-electron chi connectivity index (χ4n) is 1.94. The number of hydrogen-bond acceptors (Lipinski definition) is 2. The maximum absolute atomic E-state index is 5.91. The van der Waals surface area contributed by atoms with E-state index in [9.17, 15) is 0 Å². The van der Waals surface area contributed by atoms with Gasteiger partial charge in [-0.1, -0.05) is 24.8 Å². The lowest BCUT2D eigenvalue weighted by molar-refractivity contribution is 0.280. The lowest BCUT2D eigenvalue weighted by atomic mass is 10.2. The van der Waals surface area contributed by atoms with E-state index >= 15 is 0 Å².